The molecule has 3 nitrogen and oxygen atoms in total. The first-order valence-corrected chi connectivity index (χ1v) is 9.29. The van der Waals surface area contributed by atoms with Gasteiger partial charge in [0.05, 0.1) is 6.04 Å². The Morgan fingerprint density at radius 1 is 0.885 bits per heavy atom. The Morgan fingerprint density at radius 3 is 2.00 bits per heavy atom. The number of benzene rings is 2. The van der Waals surface area contributed by atoms with Gasteiger partial charge in [0.2, 0.25) is 0 Å². The molecule has 2 aromatic rings. The van der Waals surface area contributed by atoms with Crippen molar-refractivity contribution in [2.45, 2.75) is 60.6 Å². The number of carbonyl (C=O) groups is 1. The SMILES string of the molecule is Cc1cc(C)c([C@@H](C)NC(=O)[C@@H](C)Oc2cc(C)c(Cl)c(C)c2)cc1C. The normalized spacial score (nSPS) is 13.2. The zero-order chi connectivity index (χ0) is 19.6. The molecule has 0 unspecified atom stereocenters. The summed E-state index contributed by atoms with van der Waals surface area (Å²) in [5.74, 6) is 0.516. The maximum Gasteiger partial charge on any atom is 0.261 e. The second-order valence-electron chi connectivity index (χ2n) is 7.15. The second kappa shape index (κ2) is 8.13. The molecule has 0 radical (unpaired) electrons. The number of carbonyl (C=O) groups excluding carboxylic acids is 1. The minimum absolute atomic E-state index is 0.0819. The summed E-state index contributed by atoms with van der Waals surface area (Å²) in [7, 11) is 0. The molecule has 1 amide bonds. The number of rotatable bonds is 5. The Morgan fingerprint density at radius 2 is 1.42 bits per heavy atom. The van der Waals surface area contributed by atoms with Gasteiger partial charge < -0.3 is 10.1 Å². The highest BCUT2D eigenvalue weighted by Gasteiger charge is 2.19. The van der Waals surface area contributed by atoms with Crippen LogP contribution in [-0.4, -0.2) is 12.0 Å². The van der Waals surface area contributed by atoms with E-state index in [1.54, 1.807) is 6.92 Å². The second-order valence-corrected chi connectivity index (χ2v) is 7.53. The Balaban J connectivity index is 2.08. The molecule has 4 heteroatoms. The summed E-state index contributed by atoms with van der Waals surface area (Å²) in [6.07, 6.45) is -0.593. The number of ether oxygens (including phenoxy) is 1. The summed E-state index contributed by atoms with van der Waals surface area (Å²) in [4.78, 5) is 12.6. The van der Waals surface area contributed by atoms with Crippen LogP contribution >= 0.6 is 11.6 Å². The van der Waals surface area contributed by atoms with E-state index in [4.69, 9.17) is 16.3 Å². The van der Waals surface area contributed by atoms with Gasteiger partial charge in [0, 0.05) is 5.02 Å². The van der Waals surface area contributed by atoms with Gasteiger partial charge >= 0.3 is 0 Å². The van der Waals surface area contributed by atoms with Crippen molar-refractivity contribution in [1.29, 1.82) is 0 Å². The Labute approximate surface area is 161 Å². The zero-order valence-corrected chi connectivity index (χ0v) is 17.4. The highest BCUT2D eigenvalue weighted by atomic mass is 35.5. The maximum absolute atomic E-state index is 12.6. The molecule has 0 aliphatic carbocycles. The molecule has 0 saturated heterocycles. The summed E-state index contributed by atoms with van der Waals surface area (Å²) in [6.45, 7) is 13.9. The molecule has 0 aromatic heterocycles. The van der Waals surface area contributed by atoms with Crippen LogP contribution in [0, 0.1) is 34.6 Å². The molecule has 1 N–H and O–H groups in total. The number of hydrogen-bond donors (Lipinski definition) is 1. The van der Waals surface area contributed by atoms with Crippen LogP contribution in [0.4, 0.5) is 0 Å². The first-order chi connectivity index (χ1) is 12.1. The van der Waals surface area contributed by atoms with Gasteiger partial charge in [0.1, 0.15) is 5.75 Å². The lowest BCUT2D eigenvalue weighted by molar-refractivity contribution is -0.127. The van der Waals surface area contributed by atoms with E-state index in [9.17, 15) is 4.79 Å². The molecular formula is C22H28ClNO2. The average Bonchev–Trinajstić information content (AvgIpc) is 2.55. The molecular weight excluding hydrogens is 346 g/mol. The average molecular weight is 374 g/mol. The van der Waals surface area contributed by atoms with Crippen molar-refractivity contribution in [2.75, 3.05) is 0 Å². The standard InChI is InChI=1S/C22H28ClNO2/c1-12-8-14(3)20(11-13(12)2)17(6)24-22(25)18(7)26-19-9-15(4)21(23)16(5)10-19/h8-11,17-18H,1-7H3,(H,24,25)/t17-,18-/m1/s1. The lowest BCUT2D eigenvalue weighted by Crippen LogP contribution is -2.38. The van der Waals surface area contributed by atoms with Gasteiger partial charge in [-0.25, -0.2) is 0 Å². The molecule has 26 heavy (non-hydrogen) atoms. The highest BCUT2D eigenvalue weighted by Crippen LogP contribution is 2.27. The Kier molecular flexibility index (Phi) is 6.35. The quantitative estimate of drug-likeness (QED) is 0.748. The largest absolute Gasteiger partial charge is 0.481 e. The lowest BCUT2D eigenvalue weighted by atomic mass is 9.96. The first kappa shape index (κ1) is 20.3. The molecule has 0 spiro atoms. The molecule has 0 saturated carbocycles. The molecule has 0 aliphatic heterocycles. The molecule has 2 atom stereocenters. The third kappa shape index (κ3) is 4.59. The highest BCUT2D eigenvalue weighted by molar-refractivity contribution is 6.32. The lowest BCUT2D eigenvalue weighted by Gasteiger charge is -2.21. The topological polar surface area (TPSA) is 38.3 Å². The van der Waals surface area contributed by atoms with Crippen molar-refractivity contribution < 1.29 is 9.53 Å². The Bertz CT molecular complexity index is 806. The van der Waals surface area contributed by atoms with Crippen molar-refractivity contribution in [1.82, 2.24) is 5.32 Å². The summed E-state index contributed by atoms with van der Waals surface area (Å²) in [5, 5.41) is 3.78. The number of aryl methyl sites for hydroxylation is 5. The van der Waals surface area contributed by atoms with Gasteiger partial charge in [-0.05, 0) is 94.0 Å². The van der Waals surface area contributed by atoms with Crippen molar-refractivity contribution in [2.24, 2.45) is 0 Å². The van der Waals surface area contributed by atoms with Crippen molar-refractivity contribution in [3.63, 3.8) is 0 Å². The molecule has 140 valence electrons. The summed E-state index contributed by atoms with van der Waals surface area (Å²) in [6, 6.07) is 7.94. The van der Waals surface area contributed by atoms with Crippen LogP contribution in [0.15, 0.2) is 24.3 Å². The van der Waals surface area contributed by atoms with Crippen molar-refractivity contribution in [3.8, 4) is 5.75 Å². The minimum atomic E-state index is -0.593. The molecule has 0 bridgehead atoms. The van der Waals surface area contributed by atoms with Crippen molar-refractivity contribution in [3.05, 3.63) is 62.7 Å². The fourth-order valence-corrected chi connectivity index (χ4v) is 3.20. The monoisotopic (exact) mass is 373 g/mol. The summed E-state index contributed by atoms with van der Waals surface area (Å²) in [5.41, 5.74) is 6.67. The van der Waals surface area contributed by atoms with Crippen LogP contribution in [0.5, 0.6) is 5.75 Å². The van der Waals surface area contributed by atoms with Gasteiger partial charge in [-0.3, -0.25) is 4.79 Å². The predicted octanol–water partition coefficient (Wildman–Crippen LogP) is 5.53. The van der Waals surface area contributed by atoms with Gasteiger partial charge in [-0.1, -0.05) is 23.7 Å². The third-order valence-electron chi connectivity index (χ3n) is 4.80. The predicted molar refractivity (Wildman–Crippen MR) is 108 cm³/mol. The van der Waals surface area contributed by atoms with Crippen LogP contribution in [0.25, 0.3) is 0 Å². The van der Waals surface area contributed by atoms with E-state index in [1.807, 2.05) is 32.9 Å². The van der Waals surface area contributed by atoms with Gasteiger partial charge in [0.25, 0.3) is 5.91 Å². The zero-order valence-electron chi connectivity index (χ0n) is 16.7. The van der Waals surface area contributed by atoms with E-state index in [0.717, 1.165) is 21.7 Å². The molecule has 0 heterocycles. The molecule has 0 aliphatic rings. The van der Waals surface area contributed by atoms with E-state index >= 15 is 0 Å². The smallest absolute Gasteiger partial charge is 0.261 e. The minimum Gasteiger partial charge on any atom is -0.481 e. The van der Waals surface area contributed by atoms with E-state index in [0.29, 0.717) is 5.75 Å². The van der Waals surface area contributed by atoms with Crippen LogP contribution in [0.1, 0.15) is 53.3 Å². The number of amides is 1. The third-order valence-corrected chi connectivity index (χ3v) is 5.40. The summed E-state index contributed by atoms with van der Waals surface area (Å²) >= 11 is 6.19. The van der Waals surface area contributed by atoms with Crippen LogP contribution in [-0.2, 0) is 4.79 Å². The van der Waals surface area contributed by atoms with Crippen LogP contribution < -0.4 is 10.1 Å². The van der Waals surface area contributed by atoms with Gasteiger partial charge in [-0.2, -0.15) is 0 Å². The van der Waals surface area contributed by atoms with Crippen LogP contribution in [0.3, 0.4) is 0 Å². The molecule has 2 aromatic carbocycles. The number of halogens is 1. The van der Waals surface area contributed by atoms with Gasteiger partial charge in [0.15, 0.2) is 6.10 Å². The number of nitrogens with one attached hydrogen (secondary N) is 1. The van der Waals surface area contributed by atoms with E-state index in [2.05, 4.69) is 38.2 Å². The van der Waals surface area contributed by atoms with Crippen LogP contribution in [0.2, 0.25) is 5.02 Å². The maximum atomic E-state index is 12.6. The fourth-order valence-electron chi connectivity index (χ4n) is 3.09. The van der Waals surface area contributed by atoms with Gasteiger partial charge in [-0.15, -0.1) is 0 Å². The fraction of sp³-hybridized carbons (Fsp3) is 0.409. The van der Waals surface area contributed by atoms with E-state index in [1.165, 1.54) is 16.7 Å². The first-order valence-electron chi connectivity index (χ1n) is 8.91. The van der Waals surface area contributed by atoms with E-state index in [-0.39, 0.29) is 11.9 Å². The summed E-state index contributed by atoms with van der Waals surface area (Å²) < 4.78 is 5.83. The van der Waals surface area contributed by atoms with Crippen molar-refractivity contribution >= 4 is 17.5 Å². The number of hydrogen-bond acceptors (Lipinski definition) is 2. The van der Waals surface area contributed by atoms with E-state index < -0.39 is 6.10 Å². The molecule has 2 rings (SSSR count). The Hall–Kier alpha value is -2.00. The molecule has 0 fully saturated rings.